The third kappa shape index (κ3) is 3.47. The predicted octanol–water partition coefficient (Wildman–Crippen LogP) is 2.81. The molecule has 7 heteroatoms. The number of hydrogen-bond acceptors (Lipinski definition) is 5. The first-order valence-electron chi connectivity index (χ1n) is 8.89. The molecule has 0 N–H and O–H groups in total. The molecule has 2 amide bonds. The summed E-state index contributed by atoms with van der Waals surface area (Å²) < 4.78 is 0. The first kappa shape index (κ1) is 17.0. The normalized spacial score (nSPS) is 26.4. The Morgan fingerprint density at radius 3 is 1.83 bits per heavy atom. The van der Waals surface area contributed by atoms with E-state index in [1.807, 2.05) is 23.6 Å². The highest BCUT2D eigenvalue weighted by molar-refractivity contribution is 5.74. The lowest BCUT2D eigenvalue weighted by Gasteiger charge is -2.47. The van der Waals surface area contributed by atoms with Gasteiger partial charge in [-0.2, -0.15) is 19.6 Å². The van der Waals surface area contributed by atoms with Crippen LogP contribution in [-0.4, -0.2) is 53.6 Å². The highest BCUT2D eigenvalue weighted by Gasteiger charge is 2.51. The molecule has 23 heavy (non-hydrogen) atoms. The van der Waals surface area contributed by atoms with E-state index in [2.05, 4.69) is 0 Å². The fourth-order valence-electron chi connectivity index (χ4n) is 3.49. The van der Waals surface area contributed by atoms with Crippen LogP contribution in [0.3, 0.4) is 0 Å². The SMILES string of the molecule is CCN(CC)C(=O)N1CCC2(CC1)OOC1(CCCCC1)OO2. The Balaban J connectivity index is 1.52. The maximum Gasteiger partial charge on any atom is 0.319 e. The molecule has 0 aromatic rings. The van der Waals surface area contributed by atoms with E-state index in [1.165, 1.54) is 6.42 Å². The zero-order valence-corrected chi connectivity index (χ0v) is 14.2. The van der Waals surface area contributed by atoms with E-state index in [4.69, 9.17) is 19.6 Å². The Kier molecular flexibility index (Phi) is 5.10. The maximum atomic E-state index is 12.4. The summed E-state index contributed by atoms with van der Waals surface area (Å²) in [5, 5.41) is 0. The van der Waals surface area contributed by atoms with E-state index in [0.29, 0.717) is 25.9 Å². The van der Waals surface area contributed by atoms with Crippen LogP contribution in [0.1, 0.15) is 58.8 Å². The van der Waals surface area contributed by atoms with Gasteiger partial charge in [0.1, 0.15) is 0 Å². The molecule has 0 bridgehead atoms. The number of amides is 2. The minimum atomic E-state index is -0.872. The zero-order chi connectivity index (χ0) is 16.3. The summed E-state index contributed by atoms with van der Waals surface area (Å²) in [6, 6.07) is 0.0752. The molecular weight excluding hydrogens is 300 g/mol. The summed E-state index contributed by atoms with van der Waals surface area (Å²) >= 11 is 0. The molecule has 3 aliphatic rings. The lowest BCUT2D eigenvalue weighted by molar-refractivity contribution is -0.662. The Morgan fingerprint density at radius 2 is 1.35 bits per heavy atom. The van der Waals surface area contributed by atoms with Gasteiger partial charge in [0.2, 0.25) is 11.6 Å². The summed E-state index contributed by atoms with van der Waals surface area (Å²) in [6.45, 7) is 6.58. The van der Waals surface area contributed by atoms with Crippen LogP contribution in [0.2, 0.25) is 0 Å². The van der Waals surface area contributed by atoms with Crippen molar-refractivity contribution in [3.8, 4) is 0 Å². The third-order valence-corrected chi connectivity index (χ3v) is 5.14. The van der Waals surface area contributed by atoms with Crippen LogP contribution >= 0.6 is 0 Å². The Hall–Kier alpha value is -0.890. The van der Waals surface area contributed by atoms with E-state index >= 15 is 0 Å². The van der Waals surface area contributed by atoms with Gasteiger partial charge in [0, 0.05) is 51.9 Å². The molecule has 0 radical (unpaired) electrons. The molecule has 1 saturated carbocycles. The van der Waals surface area contributed by atoms with E-state index < -0.39 is 11.6 Å². The van der Waals surface area contributed by atoms with Crippen molar-refractivity contribution in [2.45, 2.75) is 70.4 Å². The lowest BCUT2D eigenvalue weighted by Crippen LogP contribution is -2.57. The van der Waals surface area contributed by atoms with Crippen LogP contribution in [0.4, 0.5) is 4.79 Å². The van der Waals surface area contributed by atoms with Gasteiger partial charge in [0.25, 0.3) is 0 Å². The molecule has 3 fully saturated rings. The first-order chi connectivity index (χ1) is 11.1. The van der Waals surface area contributed by atoms with Crippen molar-refractivity contribution in [1.82, 2.24) is 9.80 Å². The molecule has 132 valence electrons. The number of carbonyl (C=O) groups is 1. The number of likely N-dealkylation sites (tertiary alicyclic amines) is 1. The second kappa shape index (κ2) is 6.93. The molecule has 2 aliphatic heterocycles. The van der Waals surface area contributed by atoms with Gasteiger partial charge in [-0.3, -0.25) is 0 Å². The van der Waals surface area contributed by atoms with Crippen molar-refractivity contribution in [2.75, 3.05) is 26.2 Å². The van der Waals surface area contributed by atoms with Gasteiger partial charge in [-0.1, -0.05) is 6.42 Å². The van der Waals surface area contributed by atoms with Crippen molar-refractivity contribution in [2.24, 2.45) is 0 Å². The van der Waals surface area contributed by atoms with E-state index in [0.717, 1.165) is 38.8 Å². The highest BCUT2D eigenvalue weighted by Crippen LogP contribution is 2.42. The quantitative estimate of drug-likeness (QED) is 0.730. The first-order valence-corrected chi connectivity index (χ1v) is 8.89. The number of rotatable bonds is 2. The molecule has 2 heterocycles. The Bertz CT molecular complexity index is 401. The predicted molar refractivity (Wildman–Crippen MR) is 82.0 cm³/mol. The van der Waals surface area contributed by atoms with Gasteiger partial charge in [0.15, 0.2) is 0 Å². The third-order valence-electron chi connectivity index (χ3n) is 5.14. The van der Waals surface area contributed by atoms with Crippen molar-refractivity contribution >= 4 is 6.03 Å². The molecule has 0 aromatic carbocycles. The fraction of sp³-hybridized carbons (Fsp3) is 0.938. The number of urea groups is 1. The van der Waals surface area contributed by atoms with Crippen LogP contribution in [0.25, 0.3) is 0 Å². The second-order valence-corrected chi connectivity index (χ2v) is 6.66. The lowest BCUT2D eigenvalue weighted by atomic mass is 9.94. The molecule has 2 spiro atoms. The largest absolute Gasteiger partial charge is 0.325 e. The fourth-order valence-corrected chi connectivity index (χ4v) is 3.49. The van der Waals surface area contributed by atoms with Gasteiger partial charge in [0.05, 0.1) is 0 Å². The smallest absolute Gasteiger partial charge is 0.319 e. The van der Waals surface area contributed by atoms with Gasteiger partial charge < -0.3 is 9.80 Å². The van der Waals surface area contributed by atoms with Crippen molar-refractivity contribution in [3.05, 3.63) is 0 Å². The molecule has 0 atom stereocenters. The van der Waals surface area contributed by atoms with Gasteiger partial charge in [-0.25, -0.2) is 4.79 Å². The molecule has 2 saturated heterocycles. The summed E-state index contributed by atoms with van der Waals surface area (Å²) in [4.78, 5) is 38.6. The minimum Gasteiger partial charge on any atom is -0.325 e. The molecule has 0 aromatic heterocycles. The van der Waals surface area contributed by atoms with E-state index in [9.17, 15) is 4.79 Å². The van der Waals surface area contributed by atoms with Crippen LogP contribution in [-0.2, 0) is 19.6 Å². The average molecular weight is 328 g/mol. The molecule has 3 rings (SSSR count). The summed E-state index contributed by atoms with van der Waals surface area (Å²) in [7, 11) is 0. The highest BCUT2D eigenvalue weighted by atomic mass is 17.4. The maximum absolute atomic E-state index is 12.4. The standard InChI is InChI=1S/C16H28N2O5/c1-3-17(4-2)14(19)18-12-10-16(11-13-18)22-20-15(21-23-16)8-6-5-7-9-15/h3-13H2,1-2H3. The number of hydrogen-bond donors (Lipinski definition) is 0. The van der Waals surface area contributed by atoms with Crippen molar-refractivity contribution in [3.63, 3.8) is 0 Å². The molecule has 0 unspecified atom stereocenters. The second-order valence-electron chi connectivity index (χ2n) is 6.66. The zero-order valence-electron chi connectivity index (χ0n) is 14.2. The van der Waals surface area contributed by atoms with Crippen LogP contribution < -0.4 is 0 Å². The van der Waals surface area contributed by atoms with Crippen LogP contribution in [0.5, 0.6) is 0 Å². The minimum absolute atomic E-state index is 0.0752. The summed E-state index contributed by atoms with van der Waals surface area (Å²) in [5.41, 5.74) is 0. The van der Waals surface area contributed by atoms with E-state index in [-0.39, 0.29) is 6.03 Å². The molecule has 1 aliphatic carbocycles. The monoisotopic (exact) mass is 328 g/mol. The summed E-state index contributed by atoms with van der Waals surface area (Å²) in [5.74, 6) is -1.60. The van der Waals surface area contributed by atoms with Gasteiger partial charge in [-0.05, 0) is 26.7 Å². The number of carbonyl (C=O) groups excluding carboxylic acids is 1. The molecular formula is C16H28N2O5. The van der Waals surface area contributed by atoms with E-state index in [1.54, 1.807) is 0 Å². The Morgan fingerprint density at radius 1 is 0.870 bits per heavy atom. The number of piperidine rings is 1. The van der Waals surface area contributed by atoms with Crippen LogP contribution in [0, 0.1) is 0 Å². The van der Waals surface area contributed by atoms with Gasteiger partial charge >= 0.3 is 6.03 Å². The Labute approximate surface area is 137 Å². The summed E-state index contributed by atoms with van der Waals surface area (Å²) in [6.07, 6.45) is 6.03. The average Bonchev–Trinajstić information content (AvgIpc) is 2.61. The van der Waals surface area contributed by atoms with Crippen molar-refractivity contribution in [1.29, 1.82) is 0 Å². The van der Waals surface area contributed by atoms with Crippen molar-refractivity contribution < 1.29 is 24.3 Å². The number of nitrogens with zero attached hydrogens (tertiary/aromatic N) is 2. The topological polar surface area (TPSA) is 60.5 Å². The van der Waals surface area contributed by atoms with Gasteiger partial charge in [-0.15, -0.1) is 0 Å². The molecule has 7 nitrogen and oxygen atoms in total. The van der Waals surface area contributed by atoms with Crippen LogP contribution in [0.15, 0.2) is 0 Å².